The molecule has 0 spiro atoms. The maximum absolute atomic E-state index is 11.9. The standard InChI is InChI=1S/C28H47N9O2/c1-3-26(38)33-20-5-4-11-36(15-20)24-9-7-22-27(35-24)28(31-16-29-22)34-19-6-8-23(18(2)13-19)39-21-10-12-37-25(14-21)30-17-32-37/h3,10,12,14,18-20,22-25,27-32,34-35H,1,4-9,11,13,15-17H2,2H3,(H,33,38)/t18?,19?,20-,22?,23?,24?,25?,27?,28?/m0/s1. The average molecular weight is 542 g/mol. The van der Waals surface area contributed by atoms with E-state index in [9.17, 15) is 4.79 Å². The normalized spacial score (nSPS) is 40.8. The minimum atomic E-state index is -0.0699. The Morgan fingerprint density at radius 2 is 2.05 bits per heavy atom. The van der Waals surface area contributed by atoms with Gasteiger partial charge >= 0.3 is 0 Å². The van der Waals surface area contributed by atoms with Crippen molar-refractivity contribution in [3.8, 4) is 0 Å². The van der Waals surface area contributed by atoms with Crippen LogP contribution in [0.3, 0.4) is 0 Å². The molecular formula is C28H47N9O2. The number of hydrogen-bond acceptors (Lipinski definition) is 10. The molecule has 5 fully saturated rings. The molecule has 4 saturated heterocycles. The summed E-state index contributed by atoms with van der Waals surface area (Å²) in [6.45, 7) is 9.52. The zero-order valence-electron chi connectivity index (χ0n) is 23.2. The molecular weight excluding hydrogens is 494 g/mol. The van der Waals surface area contributed by atoms with Crippen LogP contribution in [-0.2, 0) is 9.53 Å². The van der Waals surface area contributed by atoms with E-state index in [1.165, 1.54) is 6.08 Å². The predicted octanol–water partition coefficient (Wildman–Crippen LogP) is -0.0559. The Bertz CT molecular complexity index is 944. The van der Waals surface area contributed by atoms with Gasteiger partial charge in [-0.15, -0.1) is 0 Å². The third-order valence-electron chi connectivity index (χ3n) is 9.43. The van der Waals surface area contributed by atoms with E-state index in [1.54, 1.807) is 0 Å². The molecule has 1 amide bonds. The summed E-state index contributed by atoms with van der Waals surface area (Å²) in [6, 6.07) is 1.45. The minimum Gasteiger partial charge on any atom is -0.490 e. The molecule has 0 bridgehead atoms. The molecule has 0 radical (unpaired) electrons. The third kappa shape index (κ3) is 6.35. The van der Waals surface area contributed by atoms with Crippen molar-refractivity contribution in [1.29, 1.82) is 0 Å². The lowest BCUT2D eigenvalue weighted by Gasteiger charge is -2.50. The van der Waals surface area contributed by atoms with Gasteiger partial charge < -0.3 is 10.1 Å². The molecule has 8 unspecified atom stereocenters. The summed E-state index contributed by atoms with van der Waals surface area (Å²) < 4.78 is 6.47. The van der Waals surface area contributed by atoms with Crippen LogP contribution in [0.15, 0.2) is 36.8 Å². The Kier molecular flexibility index (Phi) is 8.55. The molecule has 11 heteroatoms. The number of ether oxygens (including phenoxy) is 1. The van der Waals surface area contributed by atoms with Crippen LogP contribution >= 0.6 is 0 Å². The Labute approximate surface area is 232 Å². The molecule has 0 aromatic heterocycles. The molecule has 6 rings (SSSR count). The second-order valence-corrected chi connectivity index (χ2v) is 12.1. The van der Waals surface area contributed by atoms with Gasteiger partial charge in [-0.05, 0) is 75.6 Å². The van der Waals surface area contributed by atoms with Crippen LogP contribution in [0.5, 0.6) is 0 Å². The number of nitrogens with one attached hydrogen (secondary N) is 7. The number of fused-ring (bicyclic) bond motifs is 2. The van der Waals surface area contributed by atoms with Gasteiger partial charge in [-0.2, -0.15) is 0 Å². The van der Waals surface area contributed by atoms with Crippen molar-refractivity contribution in [2.75, 3.05) is 26.4 Å². The molecule has 7 N–H and O–H groups in total. The highest BCUT2D eigenvalue weighted by Crippen LogP contribution is 2.31. The fourth-order valence-electron chi connectivity index (χ4n) is 7.33. The lowest BCUT2D eigenvalue weighted by Crippen LogP contribution is -2.75. The third-order valence-corrected chi connectivity index (χ3v) is 9.43. The van der Waals surface area contributed by atoms with E-state index >= 15 is 0 Å². The van der Waals surface area contributed by atoms with Crippen molar-refractivity contribution in [1.82, 2.24) is 47.2 Å². The fourth-order valence-corrected chi connectivity index (χ4v) is 7.33. The Morgan fingerprint density at radius 3 is 2.92 bits per heavy atom. The van der Waals surface area contributed by atoms with E-state index in [0.29, 0.717) is 30.2 Å². The van der Waals surface area contributed by atoms with Gasteiger partial charge in [0.05, 0.1) is 25.0 Å². The van der Waals surface area contributed by atoms with E-state index in [4.69, 9.17) is 4.74 Å². The Hall–Kier alpha value is -1.99. The number of amides is 1. The number of piperidine rings is 2. The molecule has 39 heavy (non-hydrogen) atoms. The number of carbonyl (C=O) groups is 1. The van der Waals surface area contributed by atoms with Crippen LogP contribution < -0.4 is 37.3 Å². The lowest BCUT2D eigenvalue weighted by atomic mass is 9.83. The first-order valence-corrected chi connectivity index (χ1v) is 15.0. The van der Waals surface area contributed by atoms with Crippen molar-refractivity contribution < 1.29 is 9.53 Å². The highest BCUT2D eigenvalue weighted by atomic mass is 16.5. The van der Waals surface area contributed by atoms with Crippen molar-refractivity contribution in [3.05, 3.63) is 36.8 Å². The number of hydrazine groups is 1. The van der Waals surface area contributed by atoms with E-state index in [1.807, 2.05) is 0 Å². The van der Waals surface area contributed by atoms with Crippen molar-refractivity contribution in [2.24, 2.45) is 5.92 Å². The second kappa shape index (κ2) is 12.3. The molecule has 1 aliphatic carbocycles. The number of allylic oxidation sites excluding steroid dienone is 1. The van der Waals surface area contributed by atoms with Gasteiger partial charge in [0.1, 0.15) is 18.0 Å². The van der Waals surface area contributed by atoms with Gasteiger partial charge in [-0.3, -0.25) is 41.3 Å². The first kappa shape index (κ1) is 27.2. The quantitative estimate of drug-likeness (QED) is 0.221. The van der Waals surface area contributed by atoms with E-state index in [0.717, 1.165) is 77.1 Å². The Balaban J connectivity index is 1.01. The predicted molar refractivity (Wildman–Crippen MR) is 150 cm³/mol. The van der Waals surface area contributed by atoms with Crippen LogP contribution in [0.25, 0.3) is 0 Å². The first-order valence-electron chi connectivity index (χ1n) is 15.0. The van der Waals surface area contributed by atoms with Gasteiger partial charge in [-0.1, -0.05) is 13.5 Å². The van der Waals surface area contributed by atoms with Gasteiger partial charge in [0.15, 0.2) is 0 Å². The molecule has 0 aromatic rings. The van der Waals surface area contributed by atoms with Crippen molar-refractivity contribution in [2.45, 2.75) is 101 Å². The molecule has 216 valence electrons. The summed E-state index contributed by atoms with van der Waals surface area (Å²) in [4.78, 5) is 14.4. The summed E-state index contributed by atoms with van der Waals surface area (Å²) in [5.41, 5.74) is 3.28. The molecule has 11 nitrogen and oxygen atoms in total. The summed E-state index contributed by atoms with van der Waals surface area (Å²) in [5, 5.41) is 24.0. The first-order chi connectivity index (χ1) is 19.1. The summed E-state index contributed by atoms with van der Waals surface area (Å²) >= 11 is 0. The summed E-state index contributed by atoms with van der Waals surface area (Å²) in [7, 11) is 0. The van der Waals surface area contributed by atoms with E-state index in [2.05, 4.69) is 79.1 Å². The van der Waals surface area contributed by atoms with Crippen molar-refractivity contribution in [3.63, 3.8) is 0 Å². The van der Waals surface area contributed by atoms with Crippen LogP contribution in [0.4, 0.5) is 0 Å². The van der Waals surface area contributed by atoms with E-state index < -0.39 is 0 Å². The average Bonchev–Trinajstić information content (AvgIpc) is 3.43. The number of carbonyl (C=O) groups excluding carboxylic acids is 1. The zero-order valence-corrected chi connectivity index (χ0v) is 23.2. The number of nitrogens with zero attached hydrogens (tertiary/aromatic N) is 2. The molecule has 6 aliphatic rings. The largest absolute Gasteiger partial charge is 0.490 e. The molecule has 5 aliphatic heterocycles. The van der Waals surface area contributed by atoms with Crippen LogP contribution in [-0.4, -0.2) is 91.0 Å². The minimum absolute atomic E-state index is 0.0699. The molecule has 0 aromatic carbocycles. The van der Waals surface area contributed by atoms with Gasteiger partial charge in [-0.25, -0.2) is 5.43 Å². The fraction of sp³-hybridized carbons (Fsp3) is 0.750. The summed E-state index contributed by atoms with van der Waals surface area (Å²) in [5.74, 6) is 1.39. The highest BCUT2D eigenvalue weighted by Gasteiger charge is 2.41. The lowest BCUT2D eigenvalue weighted by molar-refractivity contribution is -0.117. The number of rotatable bonds is 7. The van der Waals surface area contributed by atoms with Crippen LogP contribution in [0, 0.1) is 5.92 Å². The number of likely N-dealkylation sites (tertiary alicyclic amines) is 1. The smallest absolute Gasteiger partial charge is 0.243 e. The van der Waals surface area contributed by atoms with Crippen LogP contribution in [0.2, 0.25) is 0 Å². The van der Waals surface area contributed by atoms with Gasteiger partial charge in [0.25, 0.3) is 0 Å². The highest BCUT2D eigenvalue weighted by molar-refractivity contribution is 5.87. The van der Waals surface area contributed by atoms with Gasteiger partial charge in [0.2, 0.25) is 5.91 Å². The molecule has 9 atom stereocenters. The van der Waals surface area contributed by atoms with Gasteiger partial charge in [0, 0.05) is 37.5 Å². The van der Waals surface area contributed by atoms with Crippen molar-refractivity contribution >= 4 is 5.91 Å². The second-order valence-electron chi connectivity index (χ2n) is 12.1. The van der Waals surface area contributed by atoms with Crippen LogP contribution in [0.1, 0.15) is 51.9 Å². The van der Waals surface area contributed by atoms with E-state index in [-0.39, 0.29) is 30.4 Å². The molecule has 5 heterocycles. The number of hydrogen-bond donors (Lipinski definition) is 7. The Morgan fingerprint density at radius 1 is 1.13 bits per heavy atom. The molecule has 1 saturated carbocycles. The SMILES string of the molecule is C=CC(=O)N[C@H]1CCCN(C2CCC3NCNC(NC4CCC(OC5=CC6NCNN6C=C5)C(C)C4)C3N2)C1. The maximum atomic E-state index is 11.9. The topological polar surface area (TPSA) is 117 Å². The monoisotopic (exact) mass is 541 g/mol. The summed E-state index contributed by atoms with van der Waals surface area (Å²) in [6.07, 6.45) is 16.4. The maximum Gasteiger partial charge on any atom is 0.243 e. The zero-order chi connectivity index (χ0) is 26.8.